The molecule has 2 aliphatic rings. The zero-order valence-corrected chi connectivity index (χ0v) is 13.1. The van der Waals surface area contributed by atoms with E-state index in [0.29, 0.717) is 13.2 Å². The fourth-order valence-electron chi connectivity index (χ4n) is 3.17. The lowest BCUT2D eigenvalue weighted by Crippen LogP contribution is -2.40. The maximum atomic E-state index is 12.3. The Morgan fingerprint density at radius 1 is 1.22 bits per heavy atom. The molecule has 23 heavy (non-hydrogen) atoms. The van der Waals surface area contributed by atoms with E-state index in [1.807, 2.05) is 30.3 Å². The molecule has 3 amide bonds. The van der Waals surface area contributed by atoms with Gasteiger partial charge < -0.3 is 14.7 Å². The number of piperidine rings is 1. The summed E-state index contributed by atoms with van der Waals surface area (Å²) in [5.41, 5.74) is 1.02. The average molecular weight is 318 g/mol. The van der Waals surface area contributed by atoms with E-state index in [1.54, 1.807) is 4.90 Å². The molecule has 0 unspecified atom stereocenters. The summed E-state index contributed by atoms with van der Waals surface area (Å²) in [6.45, 7) is 1.12. The Balaban J connectivity index is 1.48. The SMILES string of the molecule is O=C1[C@@H]2CCCCN2C(=O)N1C[C@H](O)COCc1ccccc1. The zero-order chi connectivity index (χ0) is 16.2. The first kappa shape index (κ1) is 16.0. The Morgan fingerprint density at radius 3 is 2.74 bits per heavy atom. The number of aliphatic hydroxyl groups excluding tert-OH is 1. The van der Waals surface area contributed by atoms with Gasteiger partial charge in [-0.2, -0.15) is 0 Å². The molecule has 1 N–H and O–H groups in total. The molecule has 2 aliphatic heterocycles. The molecule has 2 fully saturated rings. The molecule has 1 aromatic carbocycles. The highest BCUT2D eigenvalue weighted by Gasteiger charge is 2.46. The van der Waals surface area contributed by atoms with Crippen LogP contribution in [0.4, 0.5) is 4.79 Å². The van der Waals surface area contributed by atoms with E-state index >= 15 is 0 Å². The number of carbonyl (C=O) groups is 2. The molecule has 2 saturated heterocycles. The summed E-state index contributed by atoms with van der Waals surface area (Å²) in [6.07, 6.45) is 1.76. The lowest BCUT2D eigenvalue weighted by atomic mass is 10.0. The van der Waals surface area contributed by atoms with Crippen molar-refractivity contribution in [1.29, 1.82) is 0 Å². The lowest BCUT2D eigenvalue weighted by molar-refractivity contribution is -0.130. The monoisotopic (exact) mass is 318 g/mol. The maximum absolute atomic E-state index is 12.3. The normalized spacial score (nSPS) is 22.4. The Morgan fingerprint density at radius 2 is 2.00 bits per heavy atom. The number of β-amino-alcohol motifs (C(OH)–C–C–N with tert-alkyl or cyclic N) is 1. The third-order valence-electron chi connectivity index (χ3n) is 4.35. The van der Waals surface area contributed by atoms with Gasteiger partial charge in [-0.25, -0.2) is 4.79 Å². The number of aliphatic hydroxyl groups is 1. The molecule has 0 spiro atoms. The first-order chi connectivity index (χ1) is 11.2. The predicted octanol–water partition coefficient (Wildman–Crippen LogP) is 1.38. The van der Waals surface area contributed by atoms with Crippen LogP contribution in [0.25, 0.3) is 0 Å². The van der Waals surface area contributed by atoms with Crippen LogP contribution < -0.4 is 0 Å². The van der Waals surface area contributed by atoms with Gasteiger partial charge in [0.15, 0.2) is 0 Å². The second-order valence-electron chi connectivity index (χ2n) is 6.09. The molecule has 1 aromatic rings. The smallest absolute Gasteiger partial charge is 0.327 e. The number of nitrogens with zero attached hydrogens (tertiary/aromatic N) is 2. The molecular formula is C17H22N2O4. The summed E-state index contributed by atoms with van der Waals surface area (Å²) in [7, 11) is 0. The van der Waals surface area contributed by atoms with Gasteiger partial charge in [-0.05, 0) is 24.8 Å². The largest absolute Gasteiger partial charge is 0.389 e. The van der Waals surface area contributed by atoms with Crippen molar-refractivity contribution in [1.82, 2.24) is 9.80 Å². The lowest BCUT2D eigenvalue weighted by Gasteiger charge is -2.26. The summed E-state index contributed by atoms with van der Waals surface area (Å²) < 4.78 is 5.47. The van der Waals surface area contributed by atoms with E-state index in [1.165, 1.54) is 4.90 Å². The van der Waals surface area contributed by atoms with Gasteiger partial charge >= 0.3 is 6.03 Å². The number of rotatable bonds is 6. The van der Waals surface area contributed by atoms with Gasteiger partial charge in [0.1, 0.15) is 6.04 Å². The van der Waals surface area contributed by atoms with Crippen LogP contribution in [0, 0.1) is 0 Å². The van der Waals surface area contributed by atoms with Gasteiger partial charge in [0.2, 0.25) is 0 Å². The minimum atomic E-state index is -0.868. The predicted molar refractivity (Wildman–Crippen MR) is 83.6 cm³/mol. The highest BCUT2D eigenvalue weighted by Crippen LogP contribution is 2.26. The van der Waals surface area contributed by atoms with Crippen LogP contribution >= 0.6 is 0 Å². The molecule has 124 valence electrons. The molecule has 0 bridgehead atoms. The summed E-state index contributed by atoms with van der Waals surface area (Å²) in [5, 5.41) is 10.1. The van der Waals surface area contributed by atoms with E-state index in [4.69, 9.17) is 4.74 Å². The van der Waals surface area contributed by atoms with Crippen molar-refractivity contribution in [3.05, 3.63) is 35.9 Å². The molecule has 6 heteroatoms. The first-order valence-electron chi connectivity index (χ1n) is 8.08. The fraction of sp³-hybridized carbons (Fsp3) is 0.529. The maximum Gasteiger partial charge on any atom is 0.327 e. The quantitative estimate of drug-likeness (QED) is 0.805. The Bertz CT molecular complexity index is 539. The van der Waals surface area contributed by atoms with Gasteiger partial charge in [0.05, 0.1) is 25.9 Å². The van der Waals surface area contributed by atoms with E-state index in [2.05, 4.69) is 0 Å². The Labute approximate surface area is 135 Å². The van der Waals surface area contributed by atoms with Crippen LogP contribution in [0.2, 0.25) is 0 Å². The molecule has 2 heterocycles. The van der Waals surface area contributed by atoms with Crippen LogP contribution in [0.3, 0.4) is 0 Å². The fourth-order valence-corrected chi connectivity index (χ4v) is 3.17. The minimum absolute atomic E-state index is 0.000539. The Hall–Kier alpha value is -1.92. The molecule has 0 radical (unpaired) electrons. The summed E-state index contributed by atoms with van der Waals surface area (Å²) in [5.74, 6) is -0.184. The van der Waals surface area contributed by atoms with Crippen LogP contribution in [-0.2, 0) is 16.1 Å². The zero-order valence-electron chi connectivity index (χ0n) is 13.1. The van der Waals surface area contributed by atoms with Crippen molar-refractivity contribution < 1.29 is 19.4 Å². The van der Waals surface area contributed by atoms with E-state index in [9.17, 15) is 14.7 Å². The molecule has 0 aromatic heterocycles. The molecule has 0 aliphatic carbocycles. The number of imide groups is 1. The van der Waals surface area contributed by atoms with Crippen molar-refractivity contribution >= 4 is 11.9 Å². The highest BCUT2D eigenvalue weighted by atomic mass is 16.5. The van der Waals surface area contributed by atoms with Gasteiger partial charge in [0, 0.05) is 6.54 Å². The summed E-state index contributed by atoms with van der Waals surface area (Å²) in [4.78, 5) is 27.4. The molecule has 3 rings (SSSR count). The topological polar surface area (TPSA) is 70.1 Å². The standard InChI is InChI=1S/C17H22N2O4/c20-14(12-23-11-13-6-2-1-3-7-13)10-19-16(21)15-8-4-5-9-18(15)17(19)22/h1-3,6-7,14-15,20H,4-5,8-12H2/t14-,15-/m0/s1. The van der Waals surface area contributed by atoms with Crippen molar-refractivity contribution in [3.63, 3.8) is 0 Å². The van der Waals surface area contributed by atoms with Crippen LogP contribution in [0.15, 0.2) is 30.3 Å². The average Bonchev–Trinajstić information content (AvgIpc) is 2.81. The van der Waals surface area contributed by atoms with Crippen molar-refractivity contribution in [2.45, 2.75) is 38.0 Å². The van der Waals surface area contributed by atoms with E-state index < -0.39 is 6.10 Å². The number of amides is 3. The number of hydrogen-bond donors (Lipinski definition) is 1. The van der Waals surface area contributed by atoms with Crippen LogP contribution in [0.1, 0.15) is 24.8 Å². The molecule has 2 atom stereocenters. The number of hydrogen-bond acceptors (Lipinski definition) is 4. The van der Waals surface area contributed by atoms with E-state index in [-0.39, 0.29) is 31.1 Å². The van der Waals surface area contributed by atoms with E-state index in [0.717, 1.165) is 24.8 Å². The van der Waals surface area contributed by atoms with Gasteiger partial charge in [-0.3, -0.25) is 9.69 Å². The summed E-state index contributed by atoms with van der Waals surface area (Å²) in [6, 6.07) is 9.06. The van der Waals surface area contributed by atoms with Crippen molar-refractivity contribution in [2.75, 3.05) is 19.7 Å². The third kappa shape index (κ3) is 3.54. The highest BCUT2D eigenvalue weighted by molar-refractivity contribution is 6.04. The van der Waals surface area contributed by atoms with Gasteiger partial charge in [-0.1, -0.05) is 30.3 Å². The molecular weight excluding hydrogens is 296 g/mol. The van der Waals surface area contributed by atoms with Gasteiger partial charge in [0.25, 0.3) is 5.91 Å². The number of benzene rings is 1. The number of ether oxygens (including phenoxy) is 1. The van der Waals surface area contributed by atoms with Crippen LogP contribution in [0.5, 0.6) is 0 Å². The van der Waals surface area contributed by atoms with Crippen molar-refractivity contribution in [3.8, 4) is 0 Å². The number of urea groups is 1. The van der Waals surface area contributed by atoms with Crippen molar-refractivity contribution in [2.24, 2.45) is 0 Å². The van der Waals surface area contributed by atoms with Crippen LogP contribution in [-0.4, -0.2) is 58.7 Å². The summed E-state index contributed by atoms with van der Waals surface area (Å²) >= 11 is 0. The molecule has 6 nitrogen and oxygen atoms in total. The third-order valence-corrected chi connectivity index (χ3v) is 4.35. The second kappa shape index (κ2) is 7.10. The molecule has 0 saturated carbocycles. The minimum Gasteiger partial charge on any atom is -0.389 e. The number of fused-ring (bicyclic) bond motifs is 1. The number of carbonyl (C=O) groups excluding carboxylic acids is 2. The first-order valence-corrected chi connectivity index (χ1v) is 8.08. The van der Waals surface area contributed by atoms with Gasteiger partial charge in [-0.15, -0.1) is 0 Å². The Kier molecular flexibility index (Phi) is 4.93. The second-order valence-corrected chi connectivity index (χ2v) is 6.09.